The number of Topliss-reactive ketones (excluding diaryl/α,β-unsaturated/α-hetero) is 2. The Morgan fingerprint density at radius 2 is 1.82 bits per heavy atom. The van der Waals surface area contributed by atoms with Crippen molar-refractivity contribution in [1.82, 2.24) is 0 Å². The zero-order valence-electron chi connectivity index (χ0n) is 14.6. The number of benzene rings is 1. The molecule has 1 amide bonds. The second-order valence-electron chi connectivity index (χ2n) is 7.43. The Morgan fingerprint density at radius 1 is 1.14 bits per heavy atom. The number of hydrogen-bond acceptors (Lipinski definition) is 8. The summed E-state index contributed by atoms with van der Waals surface area (Å²) in [4.78, 5) is 36.9. The lowest BCUT2D eigenvalue weighted by Gasteiger charge is -2.46. The second-order valence-corrected chi connectivity index (χ2v) is 7.43. The van der Waals surface area contributed by atoms with Gasteiger partial charge in [0.1, 0.15) is 22.8 Å². The number of aliphatic hydroxyl groups is 3. The number of aromatic hydroxyl groups is 1. The second kappa shape index (κ2) is 5.59. The normalized spacial score (nSPS) is 29.3. The zero-order valence-corrected chi connectivity index (χ0v) is 14.6. The maximum absolute atomic E-state index is 13.2. The lowest BCUT2D eigenvalue weighted by molar-refractivity contribution is -0.147. The van der Waals surface area contributed by atoms with Crippen molar-refractivity contribution >= 4 is 28.9 Å². The first-order valence-electron chi connectivity index (χ1n) is 8.66. The van der Waals surface area contributed by atoms with E-state index in [1.54, 1.807) is 0 Å². The van der Waals surface area contributed by atoms with Gasteiger partial charge in [0.05, 0.1) is 5.56 Å². The molecule has 1 aromatic rings. The van der Waals surface area contributed by atoms with E-state index in [2.05, 4.69) is 0 Å². The van der Waals surface area contributed by atoms with E-state index in [0.29, 0.717) is 11.3 Å². The number of aliphatic hydroxyl groups excluding tert-OH is 2. The van der Waals surface area contributed by atoms with Crippen molar-refractivity contribution in [3.8, 4) is 5.75 Å². The molecule has 0 aliphatic heterocycles. The third-order valence-electron chi connectivity index (χ3n) is 5.98. The van der Waals surface area contributed by atoms with Crippen LogP contribution in [0.4, 0.5) is 5.69 Å². The number of phenolic OH excluding ortho intramolecular Hbond substituents is 1. The van der Waals surface area contributed by atoms with E-state index in [1.165, 1.54) is 12.1 Å². The number of ketones is 2. The van der Waals surface area contributed by atoms with Crippen molar-refractivity contribution in [3.63, 3.8) is 0 Å². The van der Waals surface area contributed by atoms with Crippen molar-refractivity contribution in [2.24, 2.45) is 17.6 Å². The minimum Gasteiger partial charge on any atom is -0.508 e. The molecule has 8 N–H and O–H groups in total. The van der Waals surface area contributed by atoms with E-state index in [1.807, 2.05) is 0 Å². The maximum atomic E-state index is 13.2. The van der Waals surface area contributed by atoms with Gasteiger partial charge in [0.2, 0.25) is 5.78 Å². The molecule has 0 saturated heterocycles. The molecular formula is C19H18N2O7. The highest BCUT2D eigenvalue weighted by molar-refractivity contribution is 6.22. The minimum absolute atomic E-state index is 0.00729. The SMILES string of the molecule is NC(=O)C1=C(O)[C@@]2(O)C(=O)C3=C(O)c4c(O)ccc(N)c4CC3CC2CC1=O. The first kappa shape index (κ1) is 18.1. The van der Waals surface area contributed by atoms with Gasteiger partial charge in [-0.3, -0.25) is 14.4 Å². The molecule has 4 rings (SSSR count). The summed E-state index contributed by atoms with van der Waals surface area (Å²) < 4.78 is 0. The molecule has 0 bridgehead atoms. The largest absolute Gasteiger partial charge is 0.508 e. The van der Waals surface area contributed by atoms with Gasteiger partial charge in [-0.1, -0.05) is 0 Å². The van der Waals surface area contributed by atoms with Crippen LogP contribution < -0.4 is 11.5 Å². The third kappa shape index (κ3) is 2.07. The molecule has 0 radical (unpaired) electrons. The van der Waals surface area contributed by atoms with Crippen LogP contribution in [0.15, 0.2) is 29.0 Å². The summed E-state index contributed by atoms with van der Waals surface area (Å²) in [6.45, 7) is 0. The van der Waals surface area contributed by atoms with Crippen LogP contribution in [0, 0.1) is 11.8 Å². The number of phenols is 1. The molecule has 1 fully saturated rings. The summed E-state index contributed by atoms with van der Waals surface area (Å²) in [6.07, 6.45) is -0.0653. The van der Waals surface area contributed by atoms with Gasteiger partial charge in [0, 0.05) is 23.6 Å². The molecule has 3 aliphatic rings. The topological polar surface area (TPSA) is 184 Å². The summed E-state index contributed by atoms with van der Waals surface area (Å²) in [5, 5.41) is 42.3. The number of carbonyl (C=O) groups is 3. The van der Waals surface area contributed by atoms with Crippen molar-refractivity contribution in [3.05, 3.63) is 40.2 Å². The highest BCUT2D eigenvalue weighted by Gasteiger charge is 2.60. The molecule has 0 heterocycles. The highest BCUT2D eigenvalue weighted by Crippen LogP contribution is 2.52. The lowest BCUT2D eigenvalue weighted by atomic mass is 9.59. The van der Waals surface area contributed by atoms with Crippen LogP contribution in [-0.2, 0) is 20.8 Å². The number of amides is 1. The van der Waals surface area contributed by atoms with Crippen molar-refractivity contribution < 1.29 is 34.8 Å². The van der Waals surface area contributed by atoms with Crippen molar-refractivity contribution in [2.75, 3.05) is 5.73 Å². The standard InChI is InChI=1S/C19H18N2O7/c20-9-1-2-10(22)13-8(9)4-6-3-7-5-11(23)14(18(21)27)17(26)19(7,28)16(25)12(6)15(13)24/h1-2,6-7,22,24,26,28H,3-5,20H2,(H2,21,27)/t6?,7?,19-/m0/s1. The number of carbonyl (C=O) groups excluding carboxylic acids is 3. The lowest BCUT2D eigenvalue weighted by Crippen LogP contribution is -2.58. The van der Waals surface area contributed by atoms with Crippen molar-refractivity contribution in [2.45, 2.75) is 24.9 Å². The van der Waals surface area contributed by atoms with E-state index >= 15 is 0 Å². The fourth-order valence-corrected chi connectivity index (χ4v) is 4.65. The van der Waals surface area contributed by atoms with Gasteiger partial charge in [-0.05, 0) is 36.5 Å². The molecule has 9 nitrogen and oxygen atoms in total. The molecule has 1 aromatic carbocycles. The molecule has 0 aromatic heterocycles. The Balaban J connectivity index is 1.95. The summed E-state index contributed by atoms with van der Waals surface area (Å²) in [7, 11) is 0. The zero-order chi connectivity index (χ0) is 20.5. The van der Waals surface area contributed by atoms with E-state index in [0.717, 1.165) is 0 Å². The van der Waals surface area contributed by atoms with Gasteiger partial charge in [-0.2, -0.15) is 0 Å². The summed E-state index contributed by atoms with van der Waals surface area (Å²) in [5.74, 6) is -6.51. The molecular weight excluding hydrogens is 368 g/mol. The molecule has 28 heavy (non-hydrogen) atoms. The van der Waals surface area contributed by atoms with Crippen LogP contribution in [0.3, 0.4) is 0 Å². The first-order valence-corrected chi connectivity index (χ1v) is 8.66. The average molecular weight is 386 g/mol. The third-order valence-corrected chi connectivity index (χ3v) is 5.98. The fourth-order valence-electron chi connectivity index (χ4n) is 4.65. The van der Waals surface area contributed by atoms with Gasteiger partial charge in [-0.15, -0.1) is 0 Å². The van der Waals surface area contributed by atoms with Crippen LogP contribution >= 0.6 is 0 Å². The highest BCUT2D eigenvalue weighted by atomic mass is 16.3. The van der Waals surface area contributed by atoms with Gasteiger partial charge in [0.25, 0.3) is 5.91 Å². The summed E-state index contributed by atoms with van der Waals surface area (Å²) in [5.41, 5.74) is 8.31. The molecule has 9 heteroatoms. The predicted octanol–water partition coefficient (Wildman–Crippen LogP) is 0.00610. The molecule has 1 saturated carbocycles. The molecule has 146 valence electrons. The summed E-state index contributed by atoms with van der Waals surface area (Å²) >= 11 is 0. The van der Waals surface area contributed by atoms with Crippen LogP contribution in [0.1, 0.15) is 24.0 Å². The van der Waals surface area contributed by atoms with Gasteiger partial charge in [-0.25, -0.2) is 0 Å². The fraction of sp³-hybridized carbons (Fsp3) is 0.316. The van der Waals surface area contributed by atoms with Crippen LogP contribution in [0.2, 0.25) is 0 Å². The van der Waals surface area contributed by atoms with E-state index in [9.17, 15) is 34.8 Å². The molecule has 2 unspecified atom stereocenters. The van der Waals surface area contributed by atoms with E-state index < -0.39 is 52.0 Å². The molecule has 3 atom stereocenters. The molecule has 3 aliphatic carbocycles. The summed E-state index contributed by atoms with van der Waals surface area (Å²) in [6, 6.07) is 2.75. The Bertz CT molecular complexity index is 1040. The monoisotopic (exact) mass is 386 g/mol. The van der Waals surface area contributed by atoms with E-state index in [-0.39, 0.29) is 36.1 Å². The van der Waals surface area contributed by atoms with Crippen LogP contribution in [0.25, 0.3) is 5.76 Å². The number of anilines is 1. The predicted molar refractivity (Wildman–Crippen MR) is 95.8 cm³/mol. The number of nitrogens with two attached hydrogens (primary N) is 2. The number of hydrogen-bond donors (Lipinski definition) is 6. The maximum Gasteiger partial charge on any atom is 0.255 e. The smallest absolute Gasteiger partial charge is 0.255 e. The number of nitrogen functional groups attached to an aromatic ring is 1. The Labute approximate surface area is 158 Å². The van der Waals surface area contributed by atoms with Crippen molar-refractivity contribution in [1.29, 1.82) is 0 Å². The number of primary amides is 1. The number of fused-ring (bicyclic) bond motifs is 3. The molecule has 0 spiro atoms. The van der Waals surface area contributed by atoms with Crippen LogP contribution in [0.5, 0.6) is 5.75 Å². The van der Waals surface area contributed by atoms with Gasteiger partial charge < -0.3 is 31.9 Å². The van der Waals surface area contributed by atoms with Gasteiger partial charge >= 0.3 is 0 Å². The average Bonchev–Trinajstić information content (AvgIpc) is 2.61. The quantitative estimate of drug-likeness (QED) is 0.221. The first-order chi connectivity index (χ1) is 13.1. The Morgan fingerprint density at radius 3 is 2.46 bits per heavy atom. The van der Waals surface area contributed by atoms with E-state index in [4.69, 9.17) is 11.5 Å². The van der Waals surface area contributed by atoms with Crippen LogP contribution in [-0.4, -0.2) is 43.5 Å². The number of rotatable bonds is 1. The van der Waals surface area contributed by atoms with Gasteiger partial charge in [0.15, 0.2) is 11.4 Å². The Kier molecular flexibility index (Phi) is 3.60. The minimum atomic E-state index is -2.55. The Hall–Kier alpha value is -3.33.